The van der Waals surface area contributed by atoms with Crippen molar-refractivity contribution in [3.8, 4) is 0 Å². The Morgan fingerprint density at radius 3 is 2.89 bits per heavy atom. The first-order chi connectivity index (χ1) is 9.13. The van der Waals surface area contributed by atoms with Crippen LogP contribution in [-0.2, 0) is 0 Å². The first kappa shape index (κ1) is 13.5. The number of fused-ring (bicyclic) bond motifs is 1. The normalized spacial score (nSPS) is 12.7. The molecule has 1 atom stereocenters. The quantitative estimate of drug-likeness (QED) is 0.810. The van der Waals surface area contributed by atoms with Gasteiger partial charge in [0.05, 0.1) is 17.1 Å². The van der Waals surface area contributed by atoms with Crippen LogP contribution in [0.25, 0.3) is 11.0 Å². The summed E-state index contributed by atoms with van der Waals surface area (Å²) in [6.45, 7) is 4.27. The number of unbranched alkanes of at least 4 members (excludes halogenated alkanes) is 2. The zero-order valence-electron chi connectivity index (χ0n) is 11.3. The molecule has 0 saturated carbocycles. The molecule has 5 heteroatoms. The standard InChI is InChI=1S/C14H19N3O2/c1-3-4-5-6-10(2)17-13-9-11(14(18)19)7-8-12(13)15-16-17/h7-10H,3-6H2,1-2H3,(H,18,19). The van der Waals surface area contributed by atoms with Gasteiger partial charge in [0.25, 0.3) is 0 Å². The van der Waals surface area contributed by atoms with E-state index < -0.39 is 5.97 Å². The van der Waals surface area contributed by atoms with Gasteiger partial charge in [-0.1, -0.05) is 31.4 Å². The maximum atomic E-state index is 11.0. The van der Waals surface area contributed by atoms with Gasteiger partial charge in [0.1, 0.15) is 5.52 Å². The molecule has 0 spiro atoms. The zero-order valence-corrected chi connectivity index (χ0v) is 11.3. The van der Waals surface area contributed by atoms with Crippen molar-refractivity contribution in [1.82, 2.24) is 15.0 Å². The molecule has 0 radical (unpaired) electrons. The van der Waals surface area contributed by atoms with Crippen LogP contribution in [0.3, 0.4) is 0 Å². The first-order valence-corrected chi connectivity index (χ1v) is 6.71. The molecule has 0 aliphatic heterocycles. The van der Waals surface area contributed by atoms with Crippen LogP contribution < -0.4 is 0 Å². The first-order valence-electron chi connectivity index (χ1n) is 6.71. The van der Waals surface area contributed by atoms with E-state index in [4.69, 9.17) is 5.11 Å². The Balaban J connectivity index is 2.27. The lowest BCUT2D eigenvalue weighted by Crippen LogP contribution is -2.07. The minimum atomic E-state index is -0.923. The Hall–Kier alpha value is -1.91. The lowest BCUT2D eigenvalue weighted by atomic mass is 10.1. The Morgan fingerprint density at radius 2 is 2.21 bits per heavy atom. The van der Waals surface area contributed by atoms with Crippen LogP contribution in [0, 0.1) is 0 Å². The summed E-state index contributed by atoms with van der Waals surface area (Å²) in [6, 6.07) is 5.15. The number of carboxylic acid groups (broad SMARTS) is 1. The molecule has 0 aliphatic carbocycles. The number of carboxylic acids is 1. The number of hydrogen-bond acceptors (Lipinski definition) is 3. The smallest absolute Gasteiger partial charge is 0.335 e. The number of aromatic carboxylic acids is 1. The number of nitrogens with zero attached hydrogens (tertiary/aromatic N) is 3. The van der Waals surface area contributed by atoms with E-state index in [9.17, 15) is 4.79 Å². The maximum Gasteiger partial charge on any atom is 0.335 e. The van der Waals surface area contributed by atoms with Crippen molar-refractivity contribution in [3.05, 3.63) is 23.8 Å². The molecule has 1 aromatic heterocycles. The van der Waals surface area contributed by atoms with E-state index in [0.29, 0.717) is 0 Å². The summed E-state index contributed by atoms with van der Waals surface area (Å²) in [5.74, 6) is -0.923. The molecule has 1 heterocycles. The number of benzene rings is 1. The van der Waals surface area contributed by atoms with Crippen LogP contribution >= 0.6 is 0 Å². The molecule has 19 heavy (non-hydrogen) atoms. The van der Waals surface area contributed by atoms with Gasteiger partial charge in [-0.25, -0.2) is 9.48 Å². The van der Waals surface area contributed by atoms with Crippen molar-refractivity contribution in [2.45, 2.75) is 45.6 Å². The third-order valence-corrected chi connectivity index (χ3v) is 3.36. The van der Waals surface area contributed by atoms with E-state index >= 15 is 0 Å². The largest absolute Gasteiger partial charge is 0.478 e. The molecule has 2 rings (SSSR count). The molecule has 0 saturated heterocycles. The second-order valence-corrected chi connectivity index (χ2v) is 4.89. The SMILES string of the molecule is CCCCCC(C)n1nnc2ccc(C(=O)O)cc21. The fourth-order valence-corrected chi connectivity index (χ4v) is 2.21. The van der Waals surface area contributed by atoms with Crippen molar-refractivity contribution in [2.75, 3.05) is 0 Å². The predicted octanol–water partition coefficient (Wildman–Crippen LogP) is 3.27. The molecule has 1 unspecified atom stereocenters. The summed E-state index contributed by atoms with van der Waals surface area (Å²) in [7, 11) is 0. The highest BCUT2D eigenvalue weighted by atomic mass is 16.4. The number of aromatic nitrogens is 3. The monoisotopic (exact) mass is 261 g/mol. The second kappa shape index (κ2) is 5.82. The summed E-state index contributed by atoms with van der Waals surface area (Å²) in [5, 5.41) is 17.3. The fraction of sp³-hybridized carbons (Fsp3) is 0.500. The molecule has 0 aliphatic rings. The molecule has 102 valence electrons. The highest BCUT2D eigenvalue weighted by Crippen LogP contribution is 2.21. The van der Waals surface area contributed by atoms with Gasteiger partial charge in [-0.15, -0.1) is 5.10 Å². The van der Waals surface area contributed by atoms with Crippen LogP contribution in [0.1, 0.15) is 55.9 Å². The summed E-state index contributed by atoms with van der Waals surface area (Å²) in [6.07, 6.45) is 4.58. The van der Waals surface area contributed by atoms with Gasteiger partial charge in [-0.3, -0.25) is 0 Å². The molecule has 0 amide bonds. The molecule has 1 aromatic carbocycles. The third-order valence-electron chi connectivity index (χ3n) is 3.36. The van der Waals surface area contributed by atoms with Crippen LogP contribution in [0.4, 0.5) is 0 Å². The lowest BCUT2D eigenvalue weighted by molar-refractivity contribution is 0.0697. The summed E-state index contributed by atoms with van der Waals surface area (Å²) in [4.78, 5) is 11.0. The average molecular weight is 261 g/mol. The van der Waals surface area contributed by atoms with Crippen LogP contribution in [-0.4, -0.2) is 26.1 Å². The van der Waals surface area contributed by atoms with E-state index in [1.54, 1.807) is 18.2 Å². The lowest BCUT2D eigenvalue weighted by Gasteiger charge is -2.12. The molecular formula is C14H19N3O2. The number of hydrogen-bond donors (Lipinski definition) is 1. The second-order valence-electron chi connectivity index (χ2n) is 4.89. The fourth-order valence-electron chi connectivity index (χ4n) is 2.21. The van der Waals surface area contributed by atoms with E-state index in [1.807, 2.05) is 4.68 Å². The van der Waals surface area contributed by atoms with Gasteiger partial charge in [0.2, 0.25) is 0 Å². The zero-order chi connectivity index (χ0) is 13.8. The number of carbonyl (C=O) groups is 1. The summed E-state index contributed by atoms with van der Waals surface area (Å²) >= 11 is 0. The number of rotatable bonds is 6. The highest BCUT2D eigenvalue weighted by molar-refractivity contribution is 5.92. The minimum absolute atomic E-state index is 0.237. The molecule has 1 N–H and O–H groups in total. The van der Waals surface area contributed by atoms with Crippen LogP contribution in [0.15, 0.2) is 18.2 Å². The Labute approximate surface area is 112 Å². The molecule has 2 aromatic rings. The maximum absolute atomic E-state index is 11.0. The predicted molar refractivity (Wildman–Crippen MR) is 73.3 cm³/mol. The van der Waals surface area contributed by atoms with Crippen molar-refractivity contribution in [1.29, 1.82) is 0 Å². The van der Waals surface area contributed by atoms with Crippen molar-refractivity contribution in [3.63, 3.8) is 0 Å². The van der Waals surface area contributed by atoms with Gasteiger partial charge in [-0.05, 0) is 31.5 Å². The van der Waals surface area contributed by atoms with E-state index in [2.05, 4.69) is 24.2 Å². The average Bonchev–Trinajstić information content (AvgIpc) is 2.81. The Morgan fingerprint density at radius 1 is 1.42 bits per heavy atom. The van der Waals surface area contributed by atoms with Gasteiger partial charge in [-0.2, -0.15) is 0 Å². The van der Waals surface area contributed by atoms with Gasteiger partial charge >= 0.3 is 5.97 Å². The van der Waals surface area contributed by atoms with Crippen LogP contribution in [0.5, 0.6) is 0 Å². The Bertz CT molecular complexity index is 577. The molecular weight excluding hydrogens is 242 g/mol. The highest BCUT2D eigenvalue weighted by Gasteiger charge is 2.13. The molecule has 0 fully saturated rings. The van der Waals surface area contributed by atoms with Crippen molar-refractivity contribution >= 4 is 17.0 Å². The van der Waals surface area contributed by atoms with E-state index in [-0.39, 0.29) is 11.6 Å². The van der Waals surface area contributed by atoms with E-state index in [1.165, 1.54) is 12.8 Å². The summed E-state index contributed by atoms with van der Waals surface area (Å²) < 4.78 is 1.83. The van der Waals surface area contributed by atoms with Gasteiger partial charge in [0, 0.05) is 0 Å². The van der Waals surface area contributed by atoms with Gasteiger partial charge < -0.3 is 5.11 Å². The summed E-state index contributed by atoms with van der Waals surface area (Å²) in [5.41, 5.74) is 1.81. The molecule has 5 nitrogen and oxygen atoms in total. The van der Waals surface area contributed by atoms with Gasteiger partial charge in [0.15, 0.2) is 0 Å². The Kier molecular flexibility index (Phi) is 4.14. The van der Waals surface area contributed by atoms with Crippen LogP contribution in [0.2, 0.25) is 0 Å². The van der Waals surface area contributed by atoms with Crippen molar-refractivity contribution in [2.24, 2.45) is 0 Å². The molecule has 0 bridgehead atoms. The third kappa shape index (κ3) is 2.92. The minimum Gasteiger partial charge on any atom is -0.478 e. The van der Waals surface area contributed by atoms with Crippen molar-refractivity contribution < 1.29 is 9.90 Å². The topological polar surface area (TPSA) is 68.0 Å². The van der Waals surface area contributed by atoms with E-state index in [0.717, 1.165) is 23.9 Å².